The Labute approximate surface area is 151 Å². The molecule has 5 rings (SSSR count). The molecule has 134 valence electrons. The van der Waals surface area contributed by atoms with Crippen molar-refractivity contribution in [2.24, 2.45) is 23.2 Å². The van der Waals surface area contributed by atoms with E-state index in [2.05, 4.69) is 45.0 Å². The molecule has 4 atom stereocenters. The molecular formula is C23H30O2. The highest BCUT2D eigenvalue weighted by molar-refractivity contribution is 5.73. The molecule has 1 saturated heterocycles. The van der Waals surface area contributed by atoms with Gasteiger partial charge in [-0.15, -0.1) is 0 Å². The average molecular weight is 338 g/mol. The highest BCUT2D eigenvalue weighted by atomic mass is 16.7. The van der Waals surface area contributed by atoms with Crippen LogP contribution in [-0.4, -0.2) is 19.0 Å². The van der Waals surface area contributed by atoms with Gasteiger partial charge in [0.25, 0.3) is 0 Å². The maximum atomic E-state index is 6.10. The number of aryl methyl sites for hydroxylation is 2. The first-order valence-corrected chi connectivity index (χ1v) is 10.1. The molecule has 25 heavy (non-hydrogen) atoms. The van der Waals surface area contributed by atoms with E-state index in [1.165, 1.54) is 43.2 Å². The lowest BCUT2D eigenvalue weighted by Crippen LogP contribution is -2.47. The van der Waals surface area contributed by atoms with E-state index in [0.717, 1.165) is 25.0 Å². The standard InChI is InChI=1S/C23H30O2/c1-15-4-6-17-16(14-15)5-7-19-18(17)10-11-22(2)20(19)8-9-21(22)23(3)24-12-13-25-23/h4,6,10,14,19-21H,5,7-9,11-13H2,1-3H3/t19?,20?,21?,22-/m0/s1. The summed E-state index contributed by atoms with van der Waals surface area (Å²) in [5.41, 5.74) is 6.45. The van der Waals surface area contributed by atoms with E-state index in [4.69, 9.17) is 9.47 Å². The predicted octanol–water partition coefficient (Wildman–Crippen LogP) is 5.14. The molecule has 1 heterocycles. The number of rotatable bonds is 1. The Kier molecular flexibility index (Phi) is 3.50. The molecule has 3 unspecified atom stereocenters. The van der Waals surface area contributed by atoms with Gasteiger partial charge in [0, 0.05) is 5.92 Å². The molecule has 0 radical (unpaired) electrons. The van der Waals surface area contributed by atoms with Gasteiger partial charge in [0.15, 0.2) is 5.79 Å². The third-order valence-corrected chi connectivity index (χ3v) is 7.85. The zero-order chi connectivity index (χ0) is 17.2. The van der Waals surface area contributed by atoms with Gasteiger partial charge in [-0.3, -0.25) is 0 Å². The van der Waals surface area contributed by atoms with Crippen molar-refractivity contribution in [1.29, 1.82) is 0 Å². The summed E-state index contributed by atoms with van der Waals surface area (Å²) in [6.45, 7) is 8.43. The van der Waals surface area contributed by atoms with E-state index < -0.39 is 0 Å². The molecule has 0 aromatic heterocycles. The zero-order valence-corrected chi connectivity index (χ0v) is 15.8. The first-order chi connectivity index (χ1) is 12.0. The largest absolute Gasteiger partial charge is 0.348 e. The van der Waals surface area contributed by atoms with E-state index in [0.29, 0.717) is 11.3 Å². The van der Waals surface area contributed by atoms with Crippen LogP contribution < -0.4 is 0 Å². The van der Waals surface area contributed by atoms with Crippen molar-refractivity contribution in [3.8, 4) is 0 Å². The fourth-order valence-corrected chi connectivity index (χ4v) is 6.70. The molecule has 2 fully saturated rings. The van der Waals surface area contributed by atoms with Crippen molar-refractivity contribution in [3.05, 3.63) is 41.0 Å². The monoisotopic (exact) mass is 338 g/mol. The third-order valence-electron chi connectivity index (χ3n) is 7.85. The molecule has 0 N–H and O–H groups in total. The predicted molar refractivity (Wildman–Crippen MR) is 100 cm³/mol. The highest BCUT2D eigenvalue weighted by Crippen LogP contribution is 2.63. The Bertz CT molecular complexity index is 728. The van der Waals surface area contributed by atoms with Crippen LogP contribution in [0.2, 0.25) is 0 Å². The van der Waals surface area contributed by atoms with Crippen molar-refractivity contribution in [1.82, 2.24) is 0 Å². The lowest BCUT2D eigenvalue weighted by atomic mass is 9.57. The molecule has 1 saturated carbocycles. The first-order valence-electron chi connectivity index (χ1n) is 10.1. The van der Waals surface area contributed by atoms with E-state index in [1.807, 2.05) is 0 Å². The van der Waals surface area contributed by atoms with Gasteiger partial charge in [-0.25, -0.2) is 0 Å². The maximum absolute atomic E-state index is 6.10. The van der Waals surface area contributed by atoms with Gasteiger partial charge in [0.05, 0.1) is 13.2 Å². The smallest absolute Gasteiger partial charge is 0.169 e. The summed E-state index contributed by atoms with van der Waals surface area (Å²) in [5.74, 6) is 1.66. The van der Waals surface area contributed by atoms with E-state index >= 15 is 0 Å². The Balaban J connectivity index is 1.52. The van der Waals surface area contributed by atoms with Crippen LogP contribution in [0.5, 0.6) is 0 Å². The topological polar surface area (TPSA) is 18.5 Å². The fourth-order valence-electron chi connectivity index (χ4n) is 6.70. The van der Waals surface area contributed by atoms with Crippen LogP contribution in [0.4, 0.5) is 0 Å². The number of hydrogen-bond acceptors (Lipinski definition) is 2. The van der Waals surface area contributed by atoms with E-state index in [9.17, 15) is 0 Å². The van der Waals surface area contributed by atoms with Crippen LogP contribution in [0.3, 0.4) is 0 Å². The van der Waals surface area contributed by atoms with Crippen molar-refractivity contribution >= 4 is 5.57 Å². The van der Waals surface area contributed by atoms with Crippen molar-refractivity contribution < 1.29 is 9.47 Å². The summed E-state index contributed by atoms with van der Waals surface area (Å²) in [7, 11) is 0. The second-order valence-electron chi connectivity index (χ2n) is 9.12. The minimum Gasteiger partial charge on any atom is -0.348 e. The van der Waals surface area contributed by atoms with Crippen LogP contribution >= 0.6 is 0 Å². The van der Waals surface area contributed by atoms with Gasteiger partial charge in [-0.1, -0.05) is 36.8 Å². The van der Waals surface area contributed by atoms with E-state index in [1.54, 1.807) is 11.1 Å². The lowest BCUT2D eigenvalue weighted by Gasteiger charge is -2.49. The SMILES string of the molecule is Cc1ccc2c(c1)CCC1C2=CC[C@@]2(C)C1CCC2C1(C)OCCO1. The van der Waals surface area contributed by atoms with Gasteiger partial charge in [-0.2, -0.15) is 0 Å². The summed E-state index contributed by atoms with van der Waals surface area (Å²) in [6.07, 6.45) is 8.87. The fraction of sp³-hybridized carbons (Fsp3) is 0.652. The van der Waals surface area contributed by atoms with Crippen molar-refractivity contribution in [2.75, 3.05) is 13.2 Å². The number of hydrogen-bond donors (Lipinski definition) is 0. The summed E-state index contributed by atoms with van der Waals surface area (Å²) in [5, 5.41) is 0. The quantitative estimate of drug-likeness (QED) is 0.706. The highest BCUT2D eigenvalue weighted by Gasteiger charge is 2.59. The van der Waals surface area contributed by atoms with Gasteiger partial charge in [-0.05, 0) is 79.9 Å². The average Bonchev–Trinajstić information content (AvgIpc) is 3.18. The molecule has 3 aliphatic carbocycles. The van der Waals surface area contributed by atoms with Gasteiger partial charge >= 0.3 is 0 Å². The summed E-state index contributed by atoms with van der Waals surface area (Å²) < 4.78 is 12.2. The van der Waals surface area contributed by atoms with Gasteiger partial charge < -0.3 is 9.47 Å². The molecule has 0 bridgehead atoms. The van der Waals surface area contributed by atoms with Crippen molar-refractivity contribution in [2.45, 2.75) is 58.7 Å². The minimum absolute atomic E-state index is 0.315. The van der Waals surface area contributed by atoms with Crippen LogP contribution in [0.25, 0.3) is 5.57 Å². The molecule has 1 aliphatic heterocycles. The zero-order valence-electron chi connectivity index (χ0n) is 15.8. The molecule has 1 aromatic rings. The number of allylic oxidation sites excluding steroid dienone is 2. The normalized spacial score (nSPS) is 38.7. The van der Waals surface area contributed by atoms with Crippen LogP contribution in [0.1, 0.15) is 56.2 Å². The Morgan fingerprint density at radius 3 is 2.64 bits per heavy atom. The third kappa shape index (κ3) is 2.23. The summed E-state index contributed by atoms with van der Waals surface area (Å²) in [6, 6.07) is 7.07. The second kappa shape index (κ2) is 5.44. The molecule has 2 heteroatoms. The molecule has 1 aromatic carbocycles. The Morgan fingerprint density at radius 1 is 1.04 bits per heavy atom. The van der Waals surface area contributed by atoms with E-state index in [-0.39, 0.29) is 5.79 Å². The maximum Gasteiger partial charge on any atom is 0.169 e. The number of fused-ring (bicyclic) bond motifs is 5. The molecule has 4 aliphatic rings. The number of ether oxygens (including phenoxy) is 2. The number of benzene rings is 1. The first kappa shape index (κ1) is 16.1. The Hall–Kier alpha value is -1.12. The molecule has 0 spiro atoms. The van der Waals surface area contributed by atoms with Crippen LogP contribution in [0, 0.1) is 30.1 Å². The van der Waals surface area contributed by atoms with Crippen LogP contribution in [-0.2, 0) is 15.9 Å². The summed E-state index contributed by atoms with van der Waals surface area (Å²) in [4.78, 5) is 0. The van der Waals surface area contributed by atoms with Crippen LogP contribution in [0.15, 0.2) is 24.3 Å². The van der Waals surface area contributed by atoms with Gasteiger partial charge in [0.1, 0.15) is 0 Å². The summed E-state index contributed by atoms with van der Waals surface area (Å²) >= 11 is 0. The Morgan fingerprint density at radius 2 is 1.84 bits per heavy atom. The molecule has 0 amide bonds. The minimum atomic E-state index is -0.363. The molecular weight excluding hydrogens is 308 g/mol. The van der Waals surface area contributed by atoms with Gasteiger partial charge in [0.2, 0.25) is 0 Å². The molecule has 2 nitrogen and oxygen atoms in total. The van der Waals surface area contributed by atoms with Crippen molar-refractivity contribution in [3.63, 3.8) is 0 Å². The lowest BCUT2D eigenvalue weighted by molar-refractivity contribution is -0.206. The second-order valence-corrected chi connectivity index (χ2v) is 9.12.